The molecule has 6 heteroatoms. The fourth-order valence-corrected chi connectivity index (χ4v) is 1.33. The third-order valence-corrected chi connectivity index (χ3v) is 2.04. The molecular weight excluding hydrogens is 206 g/mol. The van der Waals surface area contributed by atoms with Crippen molar-refractivity contribution in [2.24, 2.45) is 5.73 Å². The zero-order valence-electron chi connectivity index (χ0n) is 8.20. The smallest absolute Gasteiger partial charge is 0.284 e. The van der Waals surface area contributed by atoms with Crippen LogP contribution in [-0.2, 0) is 13.2 Å². The van der Waals surface area contributed by atoms with Crippen molar-refractivity contribution in [3.05, 3.63) is 23.0 Å². The Kier molecular flexibility index (Phi) is 3.93. The van der Waals surface area contributed by atoms with E-state index < -0.39 is 12.1 Å². The van der Waals surface area contributed by atoms with Gasteiger partial charge in [0.15, 0.2) is 5.75 Å². The van der Waals surface area contributed by atoms with Gasteiger partial charge < -0.3 is 15.6 Å². The average Bonchev–Trinajstić information content (AvgIpc) is 2.26. The Morgan fingerprint density at radius 3 is 2.67 bits per heavy atom. The molecule has 15 heavy (non-hydrogen) atoms. The molecule has 0 amide bonds. The monoisotopic (exact) mass is 218 g/mol. The second-order valence-corrected chi connectivity index (χ2v) is 2.84. The number of nitrogens with zero attached hydrogens (tertiary/aromatic N) is 1. The van der Waals surface area contributed by atoms with E-state index in [2.05, 4.69) is 4.98 Å². The van der Waals surface area contributed by atoms with Gasteiger partial charge in [-0.3, -0.25) is 4.98 Å². The topological polar surface area (TPSA) is 68.4 Å². The quantitative estimate of drug-likeness (QED) is 0.790. The lowest BCUT2D eigenvalue weighted by Crippen LogP contribution is -2.09. The van der Waals surface area contributed by atoms with Crippen molar-refractivity contribution in [2.45, 2.75) is 19.6 Å². The van der Waals surface area contributed by atoms with Crippen LogP contribution in [0.2, 0.25) is 0 Å². The summed E-state index contributed by atoms with van der Waals surface area (Å²) in [4.78, 5) is 3.54. The van der Waals surface area contributed by atoms with Gasteiger partial charge in [0.05, 0.1) is 13.7 Å². The second-order valence-electron chi connectivity index (χ2n) is 2.84. The summed E-state index contributed by atoms with van der Waals surface area (Å²) in [6.45, 7) is -0.291. The Morgan fingerprint density at radius 2 is 2.27 bits per heavy atom. The lowest BCUT2D eigenvalue weighted by atomic mass is 10.1. The van der Waals surface area contributed by atoms with Gasteiger partial charge in [-0.25, -0.2) is 8.78 Å². The maximum Gasteiger partial charge on any atom is 0.284 e. The maximum atomic E-state index is 12.5. The number of hydrogen-bond acceptors (Lipinski definition) is 4. The number of halogens is 2. The summed E-state index contributed by atoms with van der Waals surface area (Å²) < 4.78 is 29.9. The van der Waals surface area contributed by atoms with Crippen LogP contribution in [0.3, 0.4) is 0 Å². The Balaban J connectivity index is 3.34. The number of rotatable bonds is 4. The van der Waals surface area contributed by atoms with Crippen molar-refractivity contribution in [2.75, 3.05) is 7.11 Å². The molecule has 0 bridgehead atoms. The van der Waals surface area contributed by atoms with Gasteiger partial charge in [-0.15, -0.1) is 0 Å². The highest BCUT2D eigenvalue weighted by Crippen LogP contribution is 2.31. The van der Waals surface area contributed by atoms with Crippen LogP contribution >= 0.6 is 0 Å². The van der Waals surface area contributed by atoms with Crippen molar-refractivity contribution in [1.29, 1.82) is 0 Å². The number of nitrogens with two attached hydrogens (primary N) is 1. The molecule has 0 unspecified atom stereocenters. The van der Waals surface area contributed by atoms with Crippen molar-refractivity contribution in [3.8, 4) is 5.75 Å². The van der Waals surface area contributed by atoms with Gasteiger partial charge in [0.1, 0.15) is 5.69 Å². The largest absolute Gasteiger partial charge is 0.494 e. The fourth-order valence-electron chi connectivity index (χ4n) is 1.33. The summed E-state index contributed by atoms with van der Waals surface area (Å²) in [7, 11) is 1.27. The summed E-state index contributed by atoms with van der Waals surface area (Å²) in [6.07, 6.45) is -1.54. The highest BCUT2D eigenvalue weighted by atomic mass is 19.3. The molecule has 0 aromatic carbocycles. The van der Waals surface area contributed by atoms with Crippen LogP contribution in [0.5, 0.6) is 5.75 Å². The van der Waals surface area contributed by atoms with Crippen LogP contribution in [0.25, 0.3) is 0 Å². The lowest BCUT2D eigenvalue weighted by molar-refractivity contribution is 0.141. The number of aromatic nitrogens is 1. The summed E-state index contributed by atoms with van der Waals surface area (Å²) >= 11 is 0. The highest BCUT2D eigenvalue weighted by Gasteiger charge is 2.20. The summed E-state index contributed by atoms with van der Waals surface area (Å²) in [5, 5.41) is 8.96. The van der Waals surface area contributed by atoms with Gasteiger partial charge in [0.25, 0.3) is 6.43 Å². The van der Waals surface area contributed by atoms with E-state index in [4.69, 9.17) is 15.6 Å². The van der Waals surface area contributed by atoms with Gasteiger partial charge in [0.2, 0.25) is 0 Å². The zero-order chi connectivity index (χ0) is 11.4. The molecule has 1 heterocycles. The van der Waals surface area contributed by atoms with Crippen molar-refractivity contribution < 1.29 is 18.6 Å². The highest BCUT2D eigenvalue weighted by molar-refractivity contribution is 5.42. The van der Waals surface area contributed by atoms with E-state index in [1.54, 1.807) is 0 Å². The van der Waals surface area contributed by atoms with Crippen LogP contribution in [0.15, 0.2) is 6.20 Å². The van der Waals surface area contributed by atoms with Crippen molar-refractivity contribution in [1.82, 2.24) is 4.98 Å². The van der Waals surface area contributed by atoms with Crippen molar-refractivity contribution >= 4 is 0 Å². The molecule has 0 radical (unpaired) electrons. The van der Waals surface area contributed by atoms with Crippen molar-refractivity contribution in [3.63, 3.8) is 0 Å². The van der Waals surface area contributed by atoms with E-state index in [0.717, 1.165) is 0 Å². The van der Waals surface area contributed by atoms with Gasteiger partial charge in [-0.2, -0.15) is 0 Å². The van der Waals surface area contributed by atoms with E-state index in [0.29, 0.717) is 11.1 Å². The molecule has 4 nitrogen and oxygen atoms in total. The number of hydrogen-bond donors (Lipinski definition) is 2. The first-order valence-electron chi connectivity index (χ1n) is 4.29. The normalized spacial score (nSPS) is 10.8. The van der Waals surface area contributed by atoms with Crippen LogP contribution in [-0.4, -0.2) is 17.2 Å². The van der Waals surface area contributed by atoms with Gasteiger partial charge in [-0.1, -0.05) is 0 Å². The Labute approximate surface area is 85.7 Å². The van der Waals surface area contributed by atoms with Crippen LogP contribution in [0.1, 0.15) is 23.2 Å². The number of aliphatic hydroxyl groups excluding tert-OH is 1. The molecule has 0 saturated carbocycles. The zero-order valence-corrected chi connectivity index (χ0v) is 8.20. The molecule has 0 aliphatic heterocycles. The molecule has 0 aliphatic rings. The fraction of sp³-hybridized carbons (Fsp3) is 0.444. The van der Waals surface area contributed by atoms with Gasteiger partial charge in [-0.05, 0) is 0 Å². The molecule has 0 aliphatic carbocycles. The molecule has 1 rings (SSSR count). The first-order chi connectivity index (χ1) is 7.15. The molecular formula is C9H12F2N2O2. The molecule has 1 aromatic heterocycles. The number of ether oxygens (including phenoxy) is 1. The second kappa shape index (κ2) is 4.99. The molecule has 3 N–H and O–H groups in total. The Bertz CT molecular complexity index is 345. The summed E-state index contributed by atoms with van der Waals surface area (Å²) in [5.74, 6) is -0.0425. The van der Waals surface area contributed by atoms with E-state index in [1.165, 1.54) is 13.3 Å². The minimum Gasteiger partial charge on any atom is -0.494 e. The molecule has 0 spiro atoms. The molecule has 84 valence electrons. The molecule has 0 fully saturated rings. The number of methoxy groups -OCH3 is 1. The first kappa shape index (κ1) is 11.8. The van der Waals surface area contributed by atoms with Gasteiger partial charge >= 0.3 is 0 Å². The predicted molar refractivity (Wildman–Crippen MR) is 49.6 cm³/mol. The molecule has 1 aromatic rings. The standard InChI is InChI=1S/C9H12F2N2O2/c1-15-8-6(2-12)5(4-14)3-13-7(8)9(10)11/h3,9,14H,2,4,12H2,1H3. The van der Waals surface area contributed by atoms with Crippen LogP contribution in [0.4, 0.5) is 8.78 Å². The molecule has 0 saturated heterocycles. The summed E-state index contributed by atoms with van der Waals surface area (Å²) in [5.41, 5.74) is 5.73. The van der Waals surface area contributed by atoms with Crippen LogP contribution in [0, 0.1) is 0 Å². The SMILES string of the molecule is COc1c(C(F)F)ncc(CO)c1CN. The first-order valence-corrected chi connectivity index (χ1v) is 4.29. The number of pyridine rings is 1. The predicted octanol–water partition coefficient (Wildman–Crippen LogP) is 0.979. The Hall–Kier alpha value is -1.27. The van der Waals surface area contributed by atoms with E-state index in [-0.39, 0.29) is 18.9 Å². The minimum absolute atomic E-state index is 0.0152. The van der Waals surface area contributed by atoms with E-state index in [1.807, 2.05) is 0 Å². The lowest BCUT2D eigenvalue weighted by Gasteiger charge is -2.14. The third kappa shape index (κ3) is 2.21. The Morgan fingerprint density at radius 1 is 1.60 bits per heavy atom. The van der Waals surface area contributed by atoms with E-state index >= 15 is 0 Å². The summed E-state index contributed by atoms with van der Waals surface area (Å²) in [6, 6.07) is 0. The maximum absolute atomic E-state index is 12.5. The van der Waals surface area contributed by atoms with E-state index in [9.17, 15) is 8.78 Å². The minimum atomic E-state index is -2.72. The average molecular weight is 218 g/mol. The van der Waals surface area contributed by atoms with Crippen LogP contribution < -0.4 is 10.5 Å². The number of aliphatic hydroxyl groups is 1. The molecule has 0 atom stereocenters. The van der Waals surface area contributed by atoms with Gasteiger partial charge in [0, 0.05) is 23.9 Å². The number of alkyl halides is 2. The third-order valence-electron chi connectivity index (χ3n) is 2.04.